The number of anilines is 1. The summed E-state index contributed by atoms with van der Waals surface area (Å²) < 4.78 is 2.01. The van der Waals surface area contributed by atoms with Gasteiger partial charge in [0.25, 0.3) is 0 Å². The Labute approximate surface area is 99.5 Å². The van der Waals surface area contributed by atoms with E-state index in [1.807, 2.05) is 28.8 Å². The van der Waals surface area contributed by atoms with E-state index in [1.165, 1.54) is 0 Å². The molecule has 1 saturated heterocycles. The van der Waals surface area contributed by atoms with Crippen molar-refractivity contribution >= 4 is 11.5 Å². The van der Waals surface area contributed by atoms with E-state index < -0.39 is 0 Å². The number of hydrogen-bond acceptors (Lipinski definition) is 4. The van der Waals surface area contributed by atoms with E-state index in [2.05, 4.69) is 9.88 Å². The van der Waals surface area contributed by atoms with E-state index in [0.717, 1.165) is 30.1 Å². The molecule has 0 aliphatic carbocycles. The van der Waals surface area contributed by atoms with Gasteiger partial charge in [-0.05, 0) is 18.6 Å². The highest BCUT2D eigenvalue weighted by Crippen LogP contribution is 2.24. The highest BCUT2D eigenvalue weighted by molar-refractivity contribution is 5.56. The van der Waals surface area contributed by atoms with Crippen LogP contribution in [-0.2, 0) is 6.54 Å². The molecule has 1 fully saturated rings. The van der Waals surface area contributed by atoms with Gasteiger partial charge in [0.05, 0.1) is 11.8 Å². The average Bonchev–Trinajstić information content (AvgIpc) is 2.91. The summed E-state index contributed by atoms with van der Waals surface area (Å²) in [7, 11) is 0. The number of fused-ring (bicyclic) bond motifs is 1. The first-order valence-electron chi connectivity index (χ1n) is 5.88. The maximum absolute atomic E-state index is 9.59. The van der Waals surface area contributed by atoms with Crippen LogP contribution in [0.2, 0.25) is 0 Å². The summed E-state index contributed by atoms with van der Waals surface area (Å²) in [5, 5.41) is 9.59. The Hall–Kier alpha value is -1.59. The lowest BCUT2D eigenvalue weighted by molar-refractivity contribution is 0.198. The van der Waals surface area contributed by atoms with Gasteiger partial charge in [-0.25, -0.2) is 4.98 Å². The minimum absolute atomic E-state index is 0.245. The third kappa shape index (κ3) is 1.67. The number of rotatable bonds is 2. The smallest absolute Gasteiger partial charge is 0.152 e. The van der Waals surface area contributed by atoms with Crippen LogP contribution in [0.4, 0.5) is 5.82 Å². The average molecular weight is 232 g/mol. The number of aliphatic hydroxyl groups is 1. The molecule has 2 aromatic heterocycles. The lowest BCUT2D eigenvalue weighted by Gasteiger charge is -2.16. The summed E-state index contributed by atoms with van der Waals surface area (Å²) in [4.78, 5) is 6.71. The molecule has 0 bridgehead atoms. The van der Waals surface area contributed by atoms with Crippen LogP contribution in [0.15, 0.2) is 24.4 Å². The van der Waals surface area contributed by atoms with Crippen molar-refractivity contribution in [2.24, 2.45) is 5.73 Å². The predicted octanol–water partition coefficient (Wildman–Crippen LogP) is 0.364. The lowest BCUT2D eigenvalue weighted by atomic mass is 10.3. The summed E-state index contributed by atoms with van der Waals surface area (Å²) in [5.74, 6) is 0.912. The number of nitrogens with two attached hydrogens (primary N) is 1. The minimum Gasteiger partial charge on any atom is -0.391 e. The van der Waals surface area contributed by atoms with E-state index in [0.29, 0.717) is 13.1 Å². The largest absolute Gasteiger partial charge is 0.391 e. The Bertz CT molecular complexity index is 536. The molecule has 2 aromatic rings. The van der Waals surface area contributed by atoms with Gasteiger partial charge in [0.15, 0.2) is 5.82 Å². The molecule has 5 heteroatoms. The van der Waals surface area contributed by atoms with Crippen molar-refractivity contribution in [1.29, 1.82) is 0 Å². The van der Waals surface area contributed by atoms with Crippen LogP contribution >= 0.6 is 0 Å². The van der Waals surface area contributed by atoms with Gasteiger partial charge in [-0.15, -0.1) is 0 Å². The first kappa shape index (κ1) is 10.6. The Morgan fingerprint density at radius 3 is 3.06 bits per heavy atom. The number of nitrogens with zero attached hydrogens (tertiary/aromatic N) is 3. The van der Waals surface area contributed by atoms with E-state index in [1.54, 1.807) is 0 Å². The van der Waals surface area contributed by atoms with Gasteiger partial charge in [0, 0.05) is 25.8 Å². The molecular weight excluding hydrogens is 216 g/mol. The predicted molar refractivity (Wildman–Crippen MR) is 65.9 cm³/mol. The highest BCUT2D eigenvalue weighted by atomic mass is 16.3. The summed E-state index contributed by atoms with van der Waals surface area (Å²) in [5.41, 5.74) is 7.73. The van der Waals surface area contributed by atoms with E-state index in [9.17, 15) is 5.11 Å². The molecule has 3 N–H and O–H groups in total. The lowest BCUT2D eigenvalue weighted by Crippen LogP contribution is -2.23. The molecule has 5 nitrogen and oxygen atoms in total. The zero-order chi connectivity index (χ0) is 11.8. The van der Waals surface area contributed by atoms with Crippen molar-refractivity contribution in [2.45, 2.75) is 19.1 Å². The molecule has 17 heavy (non-hydrogen) atoms. The van der Waals surface area contributed by atoms with Crippen LogP contribution in [0.3, 0.4) is 0 Å². The second-order valence-corrected chi connectivity index (χ2v) is 4.40. The van der Waals surface area contributed by atoms with E-state index in [-0.39, 0.29) is 6.10 Å². The second kappa shape index (κ2) is 4.01. The fourth-order valence-corrected chi connectivity index (χ4v) is 2.41. The molecule has 90 valence electrons. The van der Waals surface area contributed by atoms with Crippen molar-refractivity contribution in [3.63, 3.8) is 0 Å². The van der Waals surface area contributed by atoms with Gasteiger partial charge in [-0.3, -0.25) is 0 Å². The van der Waals surface area contributed by atoms with Gasteiger partial charge < -0.3 is 20.1 Å². The molecule has 1 aliphatic rings. The van der Waals surface area contributed by atoms with Crippen LogP contribution in [0.1, 0.15) is 12.1 Å². The summed E-state index contributed by atoms with van der Waals surface area (Å²) in [6.45, 7) is 1.95. The maximum atomic E-state index is 9.59. The van der Waals surface area contributed by atoms with Gasteiger partial charge in [-0.2, -0.15) is 0 Å². The third-order valence-electron chi connectivity index (χ3n) is 3.26. The first-order chi connectivity index (χ1) is 8.29. The van der Waals surface area contributed by atoms with Crippen LogP contribution < -0.4 is 10.6 Å². The Morgan fingerprint density at radius 1 is 1.47 bits per heavy atom. The number of aromatic nitrogens is 2. The van der Waals surface area contributed by atoms with Crippen molar-refractivity contribution in [1.82, 2.24) is 9.38 Å². The minimum atomic E-state index is -0.245. The van der Waals surface area contributed by atoms with Crippen LogP contribution in [0, 0.1) is 0 Å². The fourth-order valence-electron chi connectivity index (χ4n) is 2.41. The molecule has 0 radical (unpaired) electrons. The van der Waals surface area contributed by atoms with Crippen LogP contribution in [0.25, 0.3) is 5.65 Å². The molecule has 3 heterocycles. The second-order valence-electron chi connectivity index (χ2n) is 4.40. The van der Waals surface area contributed by atoms with Crippen molar-refractivity contribution in [2.75, 3.05) is 18.0 Å². The number of β-amino-alcohol motifs (C(OH)–C–C–N with tert-alkyl or cyclic N) is 1. The summed E-state index contributed by atoms with van der Waals surface area (Å²) >= 11 is 0. The number of aliphatic hydroxyl groups excluding tert-OH is 1. The number of imidazole rings is 1. The van der Waals surface area contributed by atoms with Gasteiger partial charge in [0.1, 0.15) is 5.65 Å². The van der Waals surface area contributed by atoms with Gasteiger partial charge in [0.2, 0.25) is 0 Å². The molecule has 0 amide bonds. The molecule has 1 unspecified atom stereocenters. The number of hydrogen-bond donors (Lipinski definition) is 2. The fraction of sp³-hybridized carbons (Fsp3) is 0.417. The van der Waals surface area contributed by atoms with Gasteiger partial charge >= 0.3 is 0 Å². The topological polar surface area (TPSA) is 66.8 Å². The van der Waals surface area contributed by atoms with Crippen molar-refractivity contribution in [3.8, 4) is 0 Å². The maximum Gasteiger partial charge on any atom is 0.152 e. The molecule has 0 spiro atoms. The zero-order valence-electron chi connectivity index (χ0n) is 9.58. The van der Waals surface area contributed by atoms with Gasteiger partial charge in [-0.1, -0.05) is 6.07 Å². The molecular formula is C12H16N4O. The molecule has 0 saturated carbocycles. The summed E-state index contributed by atoms with van der Waals surface area (Å²) in [6.07, 6.45) is 2.53. The molecule has 0 aromatic carbocycles. The summed E-state index contributed by atoms with van der Waals surface area (Å²) in [6, 6.07) is 5.90. The van der Waals surface area contributed by atoms with Crippen LogP contribution in [0.5, 0.6) is 0 Å². The normalized spacial score (nSPS) is 20.4. The monoisotopic (exact) mass is 232 g/mol. The highest BCUT2D eigenvalue weighted by Gasteiger charge is 2.25. The molecule has 1 aliphatic heterocycles. The first-order valence-corrected chi connectivity index (χ1v) is 5.88. The Kier molecular flexibility index (Phi) is 2.49. The Morgan fingerprint density at radius 2 is 2.35 bits per heavy atom. The van der Waals surface area contributed by atoms with Crippen LogP contribution in [-0.4, -0.2) is 33.7 Å². The van der Waals surface area contributed by atoms with Crippen molar-refractivity contribution < 1.29 is 5.11 Å². The van der Waals surface area contributed by atoms with E-state index in [4.69, 9.17) is 5.73 Å². The molecule has 1 atom stereocenters. The standard InChI is InChI=1S/C12H16N4O/c13-7-10-12(15-6-4-9(17)8-15)14-11-3-1-2-5-16(10)11/h1-3,5,9,17H,4,6-8,13H2. The SMILES string of the molecule is NCc1c(N2CCC(O)C2)nc2ccccn12. The Balaban J connectivity index is 2.09. The number of pyridine rings is 1. The quantitative estimate of drug-likeness (QED) is 0.784. The zero-order valence-corrected chi connectivity index (χ0v) is 9.58. The molecule has 3 rings (SSSR count). The van der Waals surface area contributed by atoms with E-state index >= 15 is 0 Å². The third-order valence-corrected chi connectivity index (χ3v) is 3.26. The van der Waals surface area contributed by atoms with Crippen molar-refractivity contribution in [3.05, 3.63) is 30.1 Å².